The lowest BCUT2D eigenvalue weighted by Crippen LogP contribution is -2.19. The van der Waals surface area contributed by atoms with Gasteiger partial charge < -0.3 is 15.7 Å². The van der Waals surface area contributed by atoms with E-state index >= 15 is 0 Å². The lowest BCUT2D eigenvalue weighted by atomic mass is 10.3. The van der Waals surface area contributed by atoms with Gasteiger partial charge >= 0.3 is 5.97 Å². The smallest absolute Gasteiger partial charge is 0.326 e. The van der Waals surface area contributed by atoms with Gasteiger partial charge in [-0.25, -0.2) is 4.98 Å². The highest BCUT2D eigenvalue weighted by molar-refractivity contribution is 7.15. The summed E-state index contributed by atoms with van der Waals surface area (Å²) in [7, 11) is 3.68. The molecule has 0 fully saturated rings. The third-order valence-corrected chi connectivity index (χ3v) is 2.71. The summed E-state index contributed by atoms with van der Waals surface area (Å²) in [6.45, 7) is 0. The lowest BCUT2D eigenvalue weighted by Gasteiger charge is -2.05. The van der Waals surface area contributed by atoms with Gasteiger partial charge in [-0.15, -0.1) is 0 Å². The highest BCUT2D eigenvalue weighted by atomic mass is 32.1. The molecule has 3 N–H and O–H groups in total. The number of aliphatic carboxylic acids is 1. The fourth-order valence-electron chi connectivity index (χ4n) is 0.749. The summed E-state index contributed by atoms with van der Waals surface area (Å²) in [4.78, 5) is 16.9. The number of nitrogens with two attached hydrogens (primary N) is 1. The Kier molecular flexibility index (Phi) is 2.84. The Morgan fingerprint density at radius 1 is 1.77 bits per heavy atom. The Hall–Kier alpha value is -1.14. The van der Waals surface area contributed by atoms with E-state index in [4.69, 9.17) is 10.8 Å². The number of hydrogen-bond donors (Lipinski definition) is 2. The van der Waals surface area contributed by atoms with E-state index in [1.54, 1.807) is 0 Å². The van der Waals surface area contributed by atoms with Crippen molar-refractivity contribution in [3.8, 4) is 0 Å². The summed E-state index contributed by atoms with van der Waals surface area (Å²) >= 11 is 1.29. The molecule has 1 rings (SSSR count). The van der Waals surface area contributed by atoms with Crippen LogP contribution in [0.25, 0.3) is 0 Å². The van der Waals surface area contributed by atoms with Gasteiger partial charge in [-0.3, -0.25) is 4.79 Å². The number of hydrogen-bond acceptors (Lipinski definition) is 5. The molecular weight excluding hydrogens is 190 g/mol. The molecule has 1 heterocycles. The molecule has 1 unspecified atom stereocenters. The van der Waals surface area contributed by atoms with Crippen molar-refractivity contribution in [2.24, 2.45) is 5.73 Å². The summed E-state index contributed by atoms with van der Waals surface area (Å²) in [6.07, 6.45) is 1.50. The van der Waals surface area contributed by atoms with E-state index in [9.17, 15) is 4.79 Å². The van der Waals surface area contributed by atoms with E-state index in [1.165, 1.54) is 17.5 Å². The van der Waals surface area contributed by atoms with Crippen LogP contribution in [0, 0.1) is 0 Å². The van der Waals surface area contributed by atoms with Crippen molar-refractivity contribution in [1.29, 1.82) is 0 Å². The average Bonchev–Trinajstić information content (AvgIpc) is 2.50. The van der Waals surface area contributed by atoms with E-state index in [2.05, 4.69) is 4.98 Å². The predicted molar refractivity (Wildman–Crippen MR) is 51.0 cm³/mol. The van der Waals surface area contributed by atoms with Gasteiger partial charge in [-0.2, -0.15) is 0 Å². The molecular formula is C7H11N3O2S. The van der Waals surface area contributed by atoms with Crippen molar-refractivity contribution in [3.05, 3.63) is 11.1 Å². The zero-order valence-electron chi connectivity index (χ0n) is 7.39. The van der Waals surface area contributed by atoms with Crippen LogP contribution in [0.2, 0.25) is 0 Å². The van der Waals surface area contributed by atoms with E-state index in [-0.39, 0.29) is 0 Å². The molecule has 0 amide bonds. The zero-order chi connectivity index (χ0) is 10.0. The van der Waals surface area contributed by atoms with Crippen LogP contribution in [-0.2, 0) is 4.79 Å². The second kappa shape index (κ2) is 3.71. The Balaban J connectivity index is 2.85. The monoisotopic (exact) mass is 201 g/mol. The van der Waals surface area contributed by atoms with Gasteiger partial charge in [0.25, 0.3) is 0 Å². The minimum absolute atomic E-state index is 0.566. The zero-order valence-corrected chi connectivity index (χ0v) is 8.21. The van der Waals surface area contributed by atoms with E-state index in [0.717, 1.165) is 5.13 Å². The normalized spacial score (nSPS) is 12.5. The summed E-state index contributed by atoms with van der Waals surface area (Å²) in [5.74, 6) is -1.03. The molecule has 0 aliphatic rings. The van der Waals surface area contributed by atoms with Crippen LogP contribution >= 0.6 is 11.3 Å². The number of rotatable bonds is 3. The third-order valence-electron chi connectivity index (χ3n) is 1.47. The van der Waals surface area contributed by atoms with Gasteiger partial charge in [0.1, 0.15) is 6.04 Å². The van der Waals surface area contributed by atoms with Crippen LogP contribution < -0.4 is 10.6 Å². The van der Waals surface area contributed by atoms with Crippen LogP contribution in [0.5, 0.6) is 0 Å². The van der Waals surface area contributed by atoms with Crippen molar-refractivity contribution in [2.45, 2.75) is 6.04 Å². The molecule has 0 bridgehead atoms. The molecule has 0 aliphatic heterocycles. The maximum Gasteiger partial charge on any atom is 0.326 e. The summed E-state index contributed by atoms with van der Waals surface area (Å²) < 4.78 is 0. The Morgan fingerprint density at radius 2 is 2.38 bits per heavy atom. The molecule has 1 aromatic rings. The molecule has 0 saturated carbocycles. The van der Waals surface area contributed by atoms with Gasteiger partial charge in [0.15, 0.2) is 5.13 Å². The van der Waals surface area contributed by atoms with Crippen molar-refractivity contribution in [2.75, 3.05) is 19.0 Å². The summed E-state index contributed by atoms with van der Waals surface area (Å²) in [5, 5.41) is 9.38. The predicted octanol–water partition coefficient (Wildman–Crippen LogP) is 0.293. The first kappa shape index (κ1) is 9.94. The fourth-order valence-corrected chi connectivity index (χ4v) is 1.58. The highest BCUT2D eigenvalue weighted by Gasteiger charge is 2.17. The van der Waals surface area contributed by atoms with Crippen molar-refractivity contribution in [1.82, 2.24) is 4.98 Å². The van der Waals surface area contributed by atoms with E-state index < -0.39 is 12.0 Å². The SMILES string of the molecule is CN(C)c1ncc(C(N)C(=O)O)s1. The first-order chi connectivity index (χ1) is 6.02. The minimum atomic E-state index is -1.03. The largest absolute Gasteiger partial charge is 0.480 e. The number of nitrogens with zero attached hydrogens (tertiary/aromatic N) is 2. The highest BCUT2D eigenvalue weighted by Crippen LogP contribution is 2.24. The number of carboxylic acids is 1. The van der Waals surface area contributed by atoms with Crippen LogP contribution in [0.1, 0.15) is 10.9 Å². The fraction of sp³-hybridized carbons (Fsp3) is 0.429. The average molecular weight is 201 g/mol. The first-order valence-corrected chi connectivity index (χ1v) is 4.45. The second-order valence-electron chi connectivity index (χ2n) is 2.76. The molecule has 1 aromatic heterocycles. The quantitative estimate of drug-likeness (QED) is 0.735. The Bertz CT molecular complexity index is 310. The second-order valence-corrected chi connectivity index (χ2v) is 3.80. The number of aromatic nitrogens is 1. The molecule has 0 aromatic carbocycles. The standard InChI is InChI=1S/C7H11N3O2S/c1-10(2)7-9-3-4(13-7)5(8)6(11)12/h3,5H,8H2,1-2H3,(H,11,12). The number of thiazole rings is 1. The maximum atomic E-state index is 10.5. The van der Waals surface area contributed by atoms with Gasteiger partial charge in [0.2, 0.25) is 0 Å². The summed E-state index contributed by atoms with van der Waals surface area (Å²) in [5.41, 5.74) is 5.40. The van der Waals surface area contributed by atoms with Gasteiger partial charge in [-0.1, -0.05) is 11.3 Å². The van der Waals surface area contributed by atoms with E-state index in [0.29, 0.717) is 4.88 Å². The molecule has 5 nitrogen and oxygen atoms in total. The van der Waals surface area contributed by atoms with E-state index in [1.807, 2.05) is 19.0 Å². The molecule has 6 heteroatoms. The lowest BCUT2D eigenvalue weighted by molar-refractivity contribution is -0.138. The van der Waals surface area contributed by atoms with Crippen LogP contribution in [0.4, 0.5) is 5.13 Å². The summed E-state index contributed by atoms with van der Waals surface area (Å²) in [6, 6.07) is -0.966. The molecule has 0 aliphatic carbocycles. The Labute approximate surface area is 79.8 Å². The molecule has 0 radical (unpaired) electrons. The molecule has 1 atom stereocenters. The van der Waals surface area contributed by atoms with Crippen LogP contribution in [0.3, 0.4) is 0 Å². The molecule has 13 heavy (non-hydrogen) atoms. The maximum absolute atomic E-state index is 10.5. The van der Waals surface area contributed by atoms with Gasteiger partial charge in [0, 0.05) is 20.3 Å². The molecule has 0 saturated heterocycles. The first-order valence-electron chi connectivity index (χ1n) is 3.64. The Morgan fingerprint density at radius 3 is 2.77 bits per heavy atom. The van der Waals surface area contributed by atoms with Gasteiger partial charge in [-0.05, 0) is 0 Å². The van der Waals surface area contributed by atoms with Crippen LogP contribution in [0.15, 0.2) is 6.20 Å². The van der Waals surface area contributed by atoms with Crippen molar-refractivity contribution < 1.29 is 9.90 Å². The van der Waals surface area contributed by atoms with Crippen molar-refractivity contribution >= 4 is 22.4 Å². The number of carbonyl (C=O) groups is 1. The van der Waals surface area contributed by atoms with Gasteiger partial charge in [0.05, 0.1) is 4.88 Å². The number of carboxylic acid groups (broad SMARTS) is 1. The minimum Gasteiger partial charge on any atom is -0.480 e. The van der Waals surface area contributed by atoms with Crippen LogP contribution in [-0.4, -0.2) is 30.2 Å². The molecule has 0 spiro atoms. The molecule has 72 valence electrons. The topological polar surface area (TPSA) is 79.5 Å². The number of anilines is 1. The van der Waals surface area contributed by atoms with Crippen molar-refractivity contribution in [3.63, 3.8) is 0 Å². The third kappa shape index (κ3) is 2.16.